The molecule has 0 spiro atoms. The number of fused-ring (bicyclic) bond motifs is 6. The number of aliphatic hydroxyl groups excluding tert-OH is 1. The standard InChI is InChI=1S/C49H50N4O13/c1-19(2)30-26-17-22-15-24-20(11-13-28(54)33(24)39(56)31(22)42(59)48(26,65)44(61)35(37(30)50)46(51)63)9-7-5-6-8-10-21-12-14-29(55)34-25(21)16-23-18-27-38(53(3)4)41(58)36(47(52)64)45(62)49(27,66)43(60)32(23)40(34)57/h11-14,19,22-23,26-27,31-32,35-36,38,41,54-55,58,65-66H,5-6,15-18,50H2,1-4H3,(H2,51,63)(H2,52,64)/t22-,23-,26-,27-,31?,32?,35?,36?,38-,41?,48-,49-/m1/s1. The lowest BCUT2D eigenvalue weighted by Crippen LogP contribution is -2.75. The zero-order chi connectivity index (χ0) is 48.2. The Kier molecular flexibility index (Phi) is 11.3. The molecule has 17 nitrogen and oxygen atoms in total. The molecule has 11 N–H and O–H groups in total. The Hall–Kier alpha value is -6.50. The summed E-state index contributed by atoms with van der Waals surface area (Å²) in [5.74, 6) is -7.95. The number of Topliss-reactive ketones (excluding diaryl/α,β-unsaturated/α-hetero) is 6. The van der Waals surface area contributed by atoms with E-state index in [1.54, 1.807) is 34.0 Å². The number of carbonyl (C=O) groups excluding carboxylic acids is 8. The summed E-state index contributed by atoms with van der Waals surface area (Å²) in [6, 6.07) is 4.57. The van der Waals surface area contributed by atoms with E-state index >= 15 is 0 Å². The number of nitrogens with zero attached hydrogens (tertiary/aromatic N) is 1. The minimum absolute atomic E-state index is 0.00544. The molecule has 2 aromatic carbocycles. The van der Waals surface area contributed by atoms with Crippen molar-refractivity contribution in [2.75, 3.05) is 14.1 Å². The summed E-state index contributed by atoms with van der Waals surface area (Å²) in [5, 5.41) is 56.7. The molecule has 5 unspecified atom stereocenters. The van der Waals surface area contributed by atoms with E-state index in [0.717, 1.165) is 0 Å². The lowest BCUT2D eigenvalue weighted by atomic mass is 9.52. The van der Waals surface area contributed by atoms with Gasteiger partial charge in [-0.3, -0.25) is 38.4 Å². The van der Waals surface area contributed by atoms with Gasteiger partial charge in [-0.05, 0) is 98.5 Å². The minimum atomic E-state index is -2.78. The van der Waals surface area contributed by atoms with E-state index in [2.05, 4.69) is 23.7 Å². The van der Waals surface area contributed by atoms with Crippen molar-refractivity contribution in [1.29, 1.82) is 0 Å². The van der Waals surface area contributed by atoms with Gasteiger partial charge in [-0.1, -0.05) is 37.5 Å². The molecule has 6 aliphatic rings. The van der Waals surface area contributed by atoms with Crippen LogP contribution in [0.1, 0.15) is 82.5 Å². The molecule has 6 aliphatic carbocycles. The van der Waals surface area contributed by atoms with E-state index in [0.29, 0.717) is 27.8 Å². The molecule has 344 valence electrons. The second-order valence-corrected chi connectivity index (χ2v) is 19.0. The van der Waals surface area contributed by atoms with E-state index < -0.39 is 135 Å². The largest absolute Gasteiger partial charge is 0.507 e. The van der Waals surface area contributed by atoms with Crippen LogP contribution >= 0.6 is 0 Å². The smallest absolute Gasteiger partial charge is 0.234 e. The molecule has 2 amide bonds. The van der Waals surface area contributed by atoms with E-state index in [4.69, 9.17) is 17.2 Å². The van der Waals surface area contributed by atoms with Crippen LogP contribution in [0.4, 0.5) is 0 Å². The summed E-state index contributed by atoms with van der Waals surface area (Å²) >= 11 is 0. The molecule has 0 aromatic heterocycles. The summed E-state index contributed by atoms with van der Waals surface area (Å²) in [7, 11) is 3.13. The number of nitrogens with two attached hydrogens (primary N) is 3. The van der Waals surface area contributed by atoms with Crippen molar-refractivity contribution in [2.45, 2.75) is 75.7 Å². The Bertz CT molecular complexity index is 2770. The fourth-order valence-corrected chi connectivity index (χ4v) is 12.2. The van der Waals surface area contributed by atoms with Gasteiger partial charge in [-0.25, -0.2) is 0 Å². The monoisotopic (exact) mass is 902 g/mol. The highest BCUT2D eigenvalue weighted by Gasteiger charge is 2.70. The third-order valence-corrected chi connectivity index (χ3v) is 15.0. The third-order valence-electron chi connectivity index (χ3n) is 15.0. The number of hydrogen-bond donors (Lipinski definition) is 8. The number of benzene rings is 2. The zero-order valence-corrected chi connectivity index (χ0v) is 36.6. The van der Waals surface area contributed by atoms with Crippen molar-refractivity contribution in [3.8, 4) is 35.2 Å². The first-order valence-electron chi connectivity index (χ1n) is 21.8. The summed E-state index contributed by atoms with van der Waals surface area (Å²) < 4.78 is 0. The molecule has 12 atom stereocenters. The van der Waals surface area contributed by atoms with Crippen molar-refractivity contribution in [3.05, 3.63) is 68.9 Å². The first kappa shape index (κ1) is 46.0. The van der Waals surface area contributed by atoms with Gasteiger partial charge in [-0.2, -0.15) is 0 Å². The lowest BCUT2D eigenvalue weighted by Gasteiger charge is -2.54. The molecular weight excluding hydrogens is 853 g/mol. The first-order chi connectivity index (χ1) is 31.0. The fourth-order valence-electron chi connectivity index (χ4n) is 12.2. The predicted molar refractivity (Wildman–Crippen MR) is 230 cm³/mol. The number of unbranched alkanes of at least 4 members (excludes halogenated alkanes) is 1. The quantitative estimate of drug-likeness (QED) is 0.105. The molecular formula is C49H50N4O13. The van der Waals surface area contributed by atoms with Gasteiger partial charge in [0.15, 0.2) is 45.9 Å². The maximum atomic E-state index is 14.2. The molecule has 17 heteroatoms. The summed E-state index contributed by atoms with van der Waals surface area (Å²) in [5.41, 5.74) is 13.3. The number of primary amides is 2. The van der Waals surface area contributed by atoms with Crippen LogP contribution in [0.25, 0.3) is 0 Å². The normalized spacial score (nSPS) is 33.3. The molecule has 0 radical (unpaired) electrons. The van der Waals surface area contributed by atoms with Gasteiger partial charge in [-0.15, -0.1) is 0 Å². The number of phenols is 2. The van der Waals surface area contributed by atoms with Crippen molar-refractivity contribution < 1.29 is 63.9 Å². The van der Waals surface area contributed by atoms with E-state index in [-0.39, 0.29) is 55.3 Å². The van der Waals surface area contributed by atoms with Crippen LogP contribution in [0, 0.1) is 76.9 Å². The number of amides is 2. The van der Waals surface area contributed by atoms with Crippen molar-refractivity contribution in [1.82, 2.24) is 4.90 Å². The number of aliphatic hydroxyl groups is 3. The predicted octanol–water partition coefficient (Wildman–Crippen LogP) is -0.608. The number of likely N-dealkylation sites (N-methyl/N-ethyl adjacent to an activating group) is 1. The molecule has 3 saturated carbocycles. The number of carbonyl (C=O) groups is 8. The Morgan fingerprint density at radius 2 is 1.23 bits per heavy atom. The van der Waals surface area contributed by atoms with Gasteiger partial charge in [0.05, 0.1) is 29.1 Å². The molecule has 2 aromatic rings. The average molecular weight is 903 g/mol. The Balaban J connectivity index is 1.03. The van der Waals surface area contributed by atoms with Crippen LogP contribution in [-0.4, -0.2) is 114 Å². The van der Waals surface area contributed by atoms with Crippen LogP contribution in [0.2, 0.25) is 0 Å². The highest BCUT2D eigenvalue weighted by atomic mass is 16.3. The molecule has 66 heavy (non-hydrogen) atoms. The SMILES string of the molecule is CC(C)C1=C(N)C(C(N)=O)C(=O)[C@]2(O)C(=O)C3C(=O)c4c(O)ccc(C#CCCC#Cc5ccc(O)c6c5C[C@@H]5C[C@@H]7[C@@H](N(C)C)C(O)C(C(N)=O)C(=O)[C@]7(O)C(=O)C5C6=O)c4C[C@@H]3C[C@H]12. The number of phenolic OH excluding ortho intramolecular Hbond substituents is 2. The highest BCUT2D eigenvalue weighted by Crippen LogP contribution is 2.54. The highest BCUT2D eigenvalue weighted by molar-refractivity contribution is 6.27. The Morgan fingerprint density at radius 1 is 0.742 bits per heavy atom. The lowest BCUT2D eigenvalue weighted by molar-refractivity contribution is -0.190. The maximum Gasteiger partial charge on any atom is 0.234 e. The van der Waals surface area contributed by atoms with Crippen LogP contribution in [0.15, 0.2) is 35.5 Å². The molecule has 8 rings (SSSR count). The zero-order valence-electron chi connectivity index (χ0n) is 36.6. The van der Waals surface area contributed by atoms with Gasteiger partial charge in [0.25, 0.3) is 0 Å². The van der Waals surface area contributed by atoms with Gasteiger partial charge >= 0.3 is 0 Å². The number of aromatic hydroxyl groups is 2. The second kappa shape index (κ2) is 16.1. The minimum Gasteiger partial charge on any atom is -0.507 e. The van der Waals surface area contributed by atoms with Crippen molar-refractivity contribution in [2.24, 2.45) is 70.5 Å². The maximum absolute atomic E-state index is 14.2. The van der Waals surface area contributed by atoms with E-state index in [9.17, 15) is 63.9 Å². The summed E-state index contributed by atoms with van der Waals surface area (Å²) in [6.45, 7) is 3.50. The summed E-state index contributed by atoms with van der Waals surface area (Å²) in [4.78, 5) is 110. The number of hydrogen-bond acceptors (Lipinski definition) is 15. The second-order valence-electron chi connectivity index (χ2n) is 19.0. The summed E-state index contributed by atoms with van der Waals surface area (Å²) in [6.07, 6.45) is -1.08. The topological polar surface area (TPSA) is 319 Å². The van der Waals surface area contributed by atoms with Gasteiger partial charge in [0.2, 0.25) is 11.8 Å². The molecule has 0 heterocycles. The van der Waals surface area contributed by atoms with Crippen LogP contribution < -0.4 is 17.2 Å². The molecule has 3 fully saturated rings. The number of ketones is 6. The van der Waals surface area contributed by atoms with Crippen molar-refractivity contribution >= 4 is 46.5 Å². The van der Waals surface area contributed by atoms with Crippen LogP contribution in [0.5, 0.6) is 11.5 Å². The van der Waals surface area contributed by atoms with E-state index in [1.165, 1.54) is 23.1 Å². The Labute approximate surface area is 378 Å². The van der Waals surface area contributed by atoms with Crippen LogP contribution in [-0.2, 0) is 41.6 Å². The van der Waals surface area contributed by atoms with Crippen molar-refractivity contribution in [3.63, 3.8) is 0 Å². The van der Waals surface area contributed by atoms with Crippen LogP contribution in [0.3, 0.4) is 0 Å². The third kappa shape index (κ3) is 6.46. The fraction of sp³-hybridized carbons (Fsp3) is 0.469. The van der Waals surface area contributed by atoms with Gasteiger partial charge in [0, 0.05) is 47.5 Å². The average Bonchev–Trinajstić information content (AvgIpc) is 3.22. The molecule has 0 saturated heterocycles. The molecule has 0 aliphatic heterocycles. The number of rotatable bonds is 5. The Morgan fingerprint density at radius 3 is 1.68 bits per heavy atom. The van der Waals surface area contributed by atoms with Gasteiger partial charge < -0.3 is 47.6 Å². The molecule has 0 bridgehead atoms. The first-order valence-corrected chi connectivity index (χ1v) is 21.8. The van der Waals surface area contributed by atoms with Gasteiger partial charge in [0.1, 0.15) is 23.3 Å². The van der Waals surface area contributed by atoms with E-state index in [1.807, 2.05) is 0 Å².